The van der Waals surface area contributed by atoms with E-state index in [4.69, 9.17) is 6.42 Å². The standard InChI is InChI=1S/C18H13FN2OS2/c1-2-8-21(10-13-3-5-15(19)6-4-13)18(22)16-12-24-17(20-16)14-7-9-23-11-14/h1,3-7,9,11-12H,8,10H2. The van der Waals surface area contributed by atoms with Gasteiger partial charge in [0.05, 0.1) is 6.54 Å². The topological polar surface area (TPSA) is 33.2 Å². The fraction of sp³-hybridized carbons (Fsp3) is 0.111. The summed E-state index contributed by atoms with van der Waals surface area (Å²) in [5, 5.41) is 6.51. The van der Waals surface area contributed by atoms with E-state index in [9.17, 15) is 9.18 Å². The van der Waals surface area contributed by atoms with E-state index in [0.29, 0.717) is 12.2 Å². The molecule has 0 fully saturated rings. The van der Waals surface area contributed by atoms with Crippen molar-refractivity contribution in [3.63, 3.8) is 0 Å². The summed E-state index contributed by atoms with van der Waals surface area (Å²) < 4.78 is 13.0. The lowest BCUT2D eigenvalue weighted by atomic mass is 10.2. The Labute approximate surface area is 147 Å². The molecule has 0 aliphatic heterocycles. The van der Waals surface area contributed by atoms with Crippen LogP contribution in [0.5, 0.6) is 0 Å². The molecule has 0 aliphatic rings. The van der Waals surface area contributed by atoms with Gasteiger partial charge in [-0.1, -0.05) is 18.1 Å². The fourth-order valence-electron chi connectivity index (χ4n) is 2.17. The summed E-state index contributed by atoms with van der Waals surface area (Å²) in [7, 11) is 0. The molecule has 24 heavy (non-hydrogen) atoms. The first-order chi connectivity index (χ1) is 11.7. The SMILES string of the molecule is C#CCN(Cc1ccc(F)cc1)C(=O)c1csc(-c2ccsc2)n1. The van der Waals surface area contributed by atoms with Crippen molar-refractivity contribution in [2.45, 2.75) is 6.54 Å². The highest BCUT2D eigenvalue weighted by molar-refractivity contribution is 7.14. The van der Waals surface area contributed by atoms with Crippen LogP contribution in [-0.4, -0.2) is 22.3 Å². The molecule has 1 amide bonds. The van der Waals surface area contributed by atoms with Gasteiger partial charge < -0.3 is 4.90 Å². The molecular formula is C18H13FN2OS2. The molecule has 0 bridgehead atoms. The van der Waals surface area contributed by atoms with Crippen molar-refractivity contribution < 1.29 is 9.18 Å². The molecule has 2 heterocycles. The van der Waals surface area contributed by atoms with E-state index < -0.39 is 0 Å². The normalized spacial score (nSPS) is 10.3. The summed E-state index contributed by atoms with van der Waals surface area (Å²) in [6, 6.07) is 7.99. The Hall–Kier alpha value is -2.49. The molecule has 6 heteroatoms. The molecule has 0 spiro atoms. The summed E-state index contributed by atoms with van der Waals surface area (Å²) in [6.45, 7) is 0.482. The molecule has 0 saturated heterocycles. The van der Waals surface area contributed by atoms with Gasteiger partial charge in [-0.2, -0.15) is 11.3 Å². The van der Waals surface area contributed by atoms with Crippen LogP contribution in [0, 0.1) is 18.2 Å². The average Bonchev–Trinajstić information content (AvgIpc) is 3.27. The van der Waals surface area contributed by atoms with E-state index in [2.05, 4.69) is 10.9 Å². The number of rotatable bonds is 5. The van der Waals surface area contributed by atoms with Gasteiger partial charge in [-0.15, -0.1) is 17.8 Å². The van der Waals surface area contributed by atoms with Crippen LogP contribution >= 0.6 is 22.7 Å². The molecule has 1 aromatic carbocycles. The Morgan fingerprint density at radius 2 is 2.04 bits per heavy atom. The minimum Gasteiger partial charge on any atom is -0.322 e. The number of nitrogens with zero attached hydrogens (tertiary/aromatic N) is 2. The van der Waals surface area contributed by atoms with Crippen LogP contribution in [0.2, 0.25) is 0 Å². The molecule has 0 aliphatic carbocycles. The van der Waals surface area contributed by atoms with Crippen LogP contribution in [0.1, 0.15) is 16.1 Å². The number of thiazole rings is 1. The van der Waals surface area contributed by atoms with E-state index in [1.54, 1.807) is 28.8 Å². The van der Waals surface area contributed by atoms with Gasteiger partial charge in [0.15, 0.2) is 0 Å². The van der Waals surface area contributed by atoms with E-state index in [0.717, 1.165) is 16.1 Å². The molecule has 0 saturated carbocycles. The molecule has 3 aromatic rings. The third kappa shape index (κ3) is 3.70. The Morgan fingerprint density at radius 3 is 2.71 bits per heavy atom. The number of terminal acetylenes is 1. The zero-order chi connectivity index (χ0) is 16.9. The quantitative estimate of drug-likeness (QED) is 0.639. The lowest BCUT2D eigenvalue weighted by Crippen LogP contribution is -2.31. The number of aromatic nitrogens is 1. The molecule has 0 radical (unpaired) electrons. The number of carbonyl (C=O) groups is 1. The minimum absolute atomic E-state index is 0.168. The van der Waals surface area contributed by atoms with E-state index in [-0.39, 0.29) is 18.3 Å². The second kappa shape index (κ2) is 7.39. The minimum atomic E-state index is -0.312. The number of hydrogen-bond donors (Lipinski definition) is 0. The van der Waals surface area contributed by atoms with Gasteiger partial charge in [0.25, 0.3) is 5.91 Å². The summed E-state index contributed by atoms with van der Waals surface area (Å²) in [5.41, 5.74) is 2.19. The summed E-state index contributed by atoms with van der Waals surface area (Å²) in [6.07, 6.45) is 5.39. The summed E-state index contributed by atoms with van der Waals surface area (Å²) in [4.78, 5) is 18.6. The predicted molar refractivity (Wildman–Crippen MR) is 95.4 cm³/mol. The van der Waals surface area contributed by atoms with Gasteiger partial charge in [0, 0.05) is 22.9 Å². The Morgan fingerprint density at radius 1 is 1.25 bits per heavy atom. The Kier molecular flexibility index (Phi) is 5.04. The lowest BCUT2D eigenvalue weighted by molar-refractivity contribution is 0.0761. The number of benzene rings is 1. The molecule has 120 valence electrons. The van der Waals surface area contributed by atoms with Crippen LogP contribution in [0.15, 0.2) is 46.5 Å². The first-order valence-corrected chi connectivity index (χ1v) is 8.95. The second-order valence-electron chi connectivity index (χ2n) is 5.04. The van der Waals surface area contributed by atoms with Crippen molar-refractivity contribution in [3.05, 3.63) is 63.5 Å². The maximum Gasteiger partial charge on any atom is 0.274 e. The largest absolute Gasteiger partial charge is 0.322 e. The maximum atomic E-state index is 13.0. The van der Waals surface area contributed by atoms with E-state index in [1.165, 1.54) is 28.4 Å². The third-order valence-corrected chi connectivity index (χ3v) is 4.92. The number of halogens is 1. The van der Waals surface area contributed by atoms with Crippen LogP contribution in [0.25, 0.3) is 10.6 Å². The number of thiophene rings is 1. The van der Waals surface area contributed by atoms with Crippen LogP contribution in [-0.2, 0) is 6.54 Å². The van der Waals surface area contributed by atoms with Crippen LogP contribution in [0.4, 0.5) is 4.39 Å². The summed E-state index contributed by atoms with van der Waals surface area (Å²) >= 11 is 3.01. The monoisotopic (exact) mass is 356 g/mol. The molecule has 0 atom stereocenters. The van der Waals surface area contributed by atoms with Gasteiger partial charge in [0.1, 0.15) is 16.5 Å². The van der Waals surface area contributed by atoms with Crippen molar-refractivity contribution in [2.75, 3.05) is 6.54 Å². The Balaban J connectivity index is 1.79. The number of carbonyl (C=O) groups excluding carboxylic acids is 1. The highest BCUT2D eigenvalue weighted by Gasteiger charge is 2.19. The van der Waals surface area contributed by atoms with Gasteiger partial charge in [-0.3, -0.25) is 4.79 Å². The zero-order valence-corrected chi connectivity index (χ0v) is 14.2. The first kappa shape index (κ1) is 16.4. The molecule has 2 aromatic heterocycles. The van der Waals surface area contributed by atoms with Gasteiger partial charge >= 0.3 is 0 Å². The van der Waals surface area contributed by atoms with Crippen molar-refractivity contribution in [1.29, 1.82) is 0 Å². The summed E-state index contributed by atoms with van der Waals surface area (Å²) in [5.74, 6) is 1.95. The van der Waals surface area contributed by atoms with Crippen molar-refractivity contribution in [3.8, 4) is 22.9 Å². The number of amides is 1. The third-order valence-electron chi connectivity index (χ3n) is 3.35. The highest BCUT2D eigenvalue weighted by Crippen LogP contribution is 2.26. The van der Waals surface area contributed by atoms with E-state index in [1.807, 2.05) is 16.8 Å². The van der Waals surface area contributed by atoms with Crippen molar-refractivity contribution in [1.82, 2.24) is 9.88 Å². The molecular weight excluding hydrogens is 343 g/mol. The maximum absolute atomic E-state index is 13.0. The van der Waals surface area contributed by atoms with E-state index >= 15 is 0 Å². The van der Waals surface area contributed by atoms with Crippen LogP contribution < -0.4 is 0 Å². The molecule has 3 rings (SSSR count). The predicted octanol–water partition coefficient (Wildman–Crippen LogP) is 4.29. The highest BCUT2D eigenvalue weighted by atomic mass is 32.1. The molecule has 0 unspecified atom stereocenters. The average molecular weight is 356 g/mol. The van der Waals surface area contributed by atoms with Gasteiger partial charge in [-0.05, 0) is 29.1 Å². The zero-order valence-electron chi connectivity index (χ0n) is 12.6. The van der Waals surface area contributed by atoms with Crippen molar-refractivity contribution >= 4 is 28.6 Å². The molecule has 3 nitrogen and oxygen atoms in total. The first-order valence-electron chi connectivity index (χ1n) is 7.12. The van der Waals surface area contributed by atoms with Crippen molar-refractivity contribution in [2.24, 2.45) is 0 Å². The number of hydrogen-bond acceptors (Lipinski definition) is 4. The Bertz CT molecular complexity index is 863. The van der Waals surface area contributed by atoms with Crippen LogP contribution in [0.3, 0.4) is 0 Å². The van der Waals surface area contributed by atoms with Gasteiger partial charge in [-0.25, -0.2) is 9.37 Å². The lowest BCUT2D eigenvalue weighted by Gasteiger charge is -2.19. The molecule has 0 N–H and O–H groups in total. The van der Waals surface area contributed by atoms with Gasteiger partial charge in [0.2, 0.25) is 0 Å². The smallest absolute Gasteiger partial charge is 0.274 e. The second-order valence-corrected chi connectivity index (χ2v) is 6.68. The fourth-order valence-corrected chi connectivity index (χ4v) is 3.68.